The maximum absolute atomic E-state index is 11.7. The molecule has 94 valence electrons. The van der Waals surface area contributed by atoms with E-state index < -0.39 is 5.91 Å². The first-order chi connectivity index (χ1) is 9.33. The molecule has 9 heteroatoms. The molecule has 0 aliphatic rings. The van der Waals surface area contributed by atoms with Crippen molar-refractivity contribution in [2.75, 3.05) is 5.32 Å². The standard InChI is InChI=1S/C10H7N7O2/c18-10(7-1-2-15-19-7)16-8-3-9(13-5-12-8)17-6-11-4-14-17/h1-6H,(H,12,13,16,18). The van der Waals surface area contributed by atoms with Crippen LogP contribution in [0.4, 0.5) is 5.82 Å². The Hall–Kier alpha value is -3.10. The Morgan fingerprint density at radius 2 is 2.26 bits per heavy atom. The molecule has 0 fully saturated rings. The van der Waals surface area contributed by atoms with Crippen LogP contribution in [0.25, 0.3) is 5.82 Å². The number of hydrogen-bond donors (Lipinski definition) is 1. The molecule has 9 nitrogen and oxygen atoms in total. The van der Waals surface area contributed by atoms with Crippen molar-refractivity contribution in [3.05, 3.63) is 43.1 Å². The van der Waals surface area contributed by atoms with Gasteiger partial charge in [0.25, 0.3) is 5.91 Å². The molecule has 0 radical (unpaired) electrons. The molecule has 0 saturated carbocycles. The van der Waals surface area contributed by atoms with Crippen LogP contribution < -0.4 is 5.32 Å². The summed E-state index contributed by atoms with van der Waals surface area (Å²) in [5, 5.41) is 9.94. The van der Waals surface area contributed by atoms with E-state index in [4.69, 9.17) is 4.52 Å². The molecule has 19 heavy (non-hydrogen) atoms. The molecule has 0 saturated heterocycles. The van der Waals surface area contributed by atoms with E-state index in [-0.39, 0.29) is 5.76 Å². The molecule has 0 atom stereocenters. The first kappa shape index (κ1) is 11.0. The Balaban J connectivity index is 1.82. The monoisotopic (exact) mass is 257 g/mol. The summed E-state index contributed by atoms with van der Waals surface area (Å²) in [6.45, 7) is 0. The minimum absolute atomic E-state index is 0.0981. The van der Waals surface area contributed by atoms with Gasteiger partial charge in [0.1, 0.15) is 24.8 Å². The van der Waals surface area contributed by atoms with Gasteiger partial charge in [0.05, 0.1) is 6.20 Å². The van der Waals surface area contributed by atoms with Gasteiger partial charge < -0.3 is 9.84 Å². The summed E-state index contributed by atoms with van der Waals surface area (Å²) in [5.41, 5.74) is 0. The third kappa shape index (κ3) is 2.29. The number of aromatic nitrogens is 6. The minimum atomic E-state index is -0.444. The molecule has 3 heterocycles. The van der Waals surface area contributed by atoms with Crippen LogP contribution in [0, 0.1) is 0 Å². The predicted octanol–water partition coefficient (Wildman–Crippen LogP) is 0.298. The molecule has 0 spiro atoms. The van der Waals surface area contributed by atoms with Gasteiger partial charge in [-0.2, -0.15) is 5.10 Å². The Morgan fingerprint density at radius 1 is 1.32 bits per heavy atom. The number of rotatable bonds is 3. The van der Waals surface area contributed by atoms with Crippen molar-refractivity contribution >= 4 is 11.7 Å². The molecule has 0 bridgehead atoms. The second-order valence-corrected chi connectivity index (χ2v) is 3.43. The molecule has 0 unspecified atom stereocenters. The van der Waals surface area contributed by atoms with Gasteiger partial charge in [-0.15, -0.1) is 0 Å². The fraction of sp³-hybridized carbons (Fsp3) is 0. The highest BCUT2D eigenvalue weighted by Gasteiger charge is 2.11. The number of amides is 1. The number of anilines is 1. The largest absolute Gasteiger partial charge is 0.351 e. The van der Waals surface area contributed by atoms with Crippen LogP contribution in [0.2, 0.25) is 0 Å². The van der Waals surface area contributed by atoms with E-state index >= 15 is 0 Å². The summed E-state index contributed by atoms with van der Waals surface area (Å²) in [7, 11) is 0. The average Bonchev–Trinajstić information content (AvgIpc) is 3.13. The highest BCUT2D eigenvalue weighted by molar-refractivity contribution is 6.01. The maximum atomic E-state index is 11.7. The molecule has 1 amide bonds. The lowest BCUT2D eigenvalue weighted by Gasteiger charge is -2.03. The van der Waals surface area contributed by atoms with Gasteiger partial charge in [-0.05, 0) is 0 Å². The van der Waals surface area contributed by atoms with Crippen LogP contribution in [0.5, 0.6) is 0 Å². The second kappa shape index (κ2) is 4.64. The van der Waals surface area contributed by atoms with Crippen LogP contribution in [0.3, 0.4) is 0 Å². The maximum Gasteiger partial charge on any atom is 0.295 e. The lowest BCUT2D eigenvalue weighted by atomic mass is 10.4. The van der Waals surface area contributed by atoms with E-state index in [0.29, 0.717) is 11.6 Å². The summed E-state index contributed by atoms with van der Waals surface area (Å²) >= 11 is 0. The van der Waals surface area contributed by atoms with Gasteiger partial charge in [-0.25, -0.2) is 19.6 Å². The van der Waals surface area contributed by atoms with Crippen LogP contribution >= 0.6 is 0 Å². The molecule has 3 aromatic rings. The first-order valence-corrected chi connectivity index (χ1v) is 5.22. The van der Waals surface area contributed by atoms with Crippen molar-refractivity contribution in [2.24, 2.45) is 0 Å². The molecule has 3 aromatic heterocycles. The summed E-state index contributed by atoms with van der Waals surface area (Å²) in [6, 6.07) is 3.01. The first-order valence-electron chi connectivity index (χ1n) is 5.22. The van der Waals surface area contributed by atoms with Gasteiger partial charge in [-0.1, -0.05) is 5.16 Å². The summed E-state index contributed by atoms with van der Waals surface area (Å²) in [5.74, 6) is 0.462. The summed E-state index contributed by atoms with van der Waals surface area (Å²) < 4.78 is 6.19. The molecule has 0 aliphatic heterocycles. The fourth-order valence-corrected chi connectivity index (χ4v) is 1.38. The van der Waals surface area contributed by atoms with Gasteiger partial charge in [0, 0.05) is 12.1 Å². The third-order valence-electron chi connectivity index (χ3n) is 2.21. The quantitative estimate of drug-likeness (QED) is 0.717. The number of hydrogen-bond acceptors (Lipinski definition) is 7. The van der Waals surface area contributed by atoms with Crippen molar-refractivity contribution in [3.8, 4) is 5.82 Å². The lowest BCUT2D eigenvalue weighted by molar-refractivity contribution is 0.0987. The number of nitrogens with zero attached hydrogens (tertiary/aromatic N) is 6. The highest BCUT2D eigenvalue weighted by atomic mass is 16.5. The van der Waals surface area contributed by atoms with Gasteiger partial charge >= 0.3 is 0 Å². The van der Waals surface area contributed by atoms with E-state index in [1.807, 2.05) is 0 Å². The zero-order valence-corrected chi connectivity index (χ0v) is 9.46. The fourth-order valence-electron chi connectivity index (χ4n) is 1.38. The van der Waals surface area contributed by atoms with E-state index in [1.54, 1.807) is 6.07 Å². The van der Waals surface area contributed by atoms with Gasteiger partial charge in [-0.3, -0.25) is 4.79 Å². The second-order valence-electron chi connectivity index (χ2n) is 3.43. The van der Waals surface area contributed by atoms with E-state index in [1.165, 1.54) is 35.9 Å². The van der Waals surface area contributed by atoms with Crippen molar-refractivity contribution in [3.63, 3.8) is 0 Å². The molecular weight excluding hydrogens is 250 g/mol. The molecule has 0 aromatic carbocycles. The van der Waals surface area contributed by atoms with E-state index in [2.05, 4.69) is 30.5 Å². The van der Waals surface area contributed by atoms with E-state index in [0.717, 1.165) is 0 Å². The third-order valence-corrected chi connectivity index (χ3v) is 2.21. The van der Waals surface area contributed by atoms with Crippen LogP contribution in [0.15, 0.2) is 41.8 Å². The Kier molecular flexibility index (Phi) is 2.69. The topological polar surface area (TPSA) is 112 Å². The summed E-state index contributed by atoms with van der Waals surface area (Å²) in [6.07, 6.45) is 5.57. The number of carbonyl (C=O) groups is 1. The van der Waals surface area contributed by atoms with Crippen molar-refractivity contribution < 1.29 is 9.32 Å². The lowest BCUT2D eigenvalue weighted by Crippen LogP contribution is -2.13. The molecule has 3 rings (SSSR count). The molecular formula is C10H7N7O2. The zero-order chi connectivity index (χ0) is 13.1. The zero-order valence-electron chi connectivity index (χ0n) is 9.46. The van der Waals surface area contributed by atoms with Crippen molar-refractivity contribution in [2.45, 2.75) is 0 Å². The minimum Gasteiger partial charge on any atom is -0.351 e. The predicted molar refractivity (Wildman–Crippen MR) is 61.4 cm³/mol. The Bertz CT molecular complexity index is 678. The normalized spacial score (nSPS) is 10.3. The van der Waals surface area contributed by atoms with Gasteiger partial charge in [0.15, 0.2) is 5.82 Å². The van der Waals surface area contributed by atoms with Gasteiger partial charge in [0.2, 0.25) is 5.76 Å². The number of carbonyl (C=O) groups excluding carboxylic acids is 1. The SMILES string of the molecule is O=C(Nc1cc(-n2cncn2)ncn1)c1ccno1. The summed E-state index contributed by atoms with van der Waals surface area (Å²) in [4.78, 5) is 23.5. The average molecular weight is 257 g/mol. The van der Waals surface area contributed by atoms with Crippen LogP contribution in [0.1, 0.15) is 10.6 Å². The van der Waals surface area contributed by atoms with Crippen LogP contribution in [-0.2, 0) is 0 Å². The van der Waals surface area contributed by atoms with Crippen molar-refractivity contribution in [1.29, 1.82) is 0 Å². The number of nitrogens with one attached hydrogen (secondary N) is 1. The van der Waals surface area contributed by atoms with E-state index in [9.17, 15) is 4.79 Å². The molecule has 0 aliphatic carbocycles. The Labute approximate surface area is 106 Å². The van der Waals surface area contributed by atoms with Crippen LogP contribution in [-0.4, -0.2) is 35.8 Å². The Morgan fingerprint density at radius 3 is 3.00 bits per heavy atom. The highest BCUT2D eigenvalue weighted by Crippen LogP contribution is 2.09. The smallest absolute Gasteiger partial charge is 0.295 e. The molecule has 1 N–H and O–H groups in total. The van der Waals surface area contributed by atoms with Crippen molar-refractivity contribution in [1.82, 2.24) is 29.9 Å².